The van der Waals surface area contributed by atoms with Crippen LogP contribution in [-0.4, -0.2) is 50.2 Å². The van der Waals surface area contributed by atoms with Crippen molar-refractivity contribution in [3.8, 4) is 0 Å². The van der Waals surface area contributed by atoms with Gasteiger partial charge in [0.25, 0.3) is 0 Å². The average molecular weight is 382 g/mol. The van der Waals surface area contributed by atoms with Gasteiger partial charge in [0.2, 0.25) is 5.89 Å². The summed E-state index contributed by atoms with van der Waals surface area (Å²) in [7, 11) is 0. The fourth-order valence-corrected chi connectivity index (χ4v) is 3.74. The average Bonchev–Trinajstić information content (AvgIpc) is 3.33. The van der Waals surface area contributed by atoms with E-state index in [1.54, 1.807) is 0 Å². The number of nitrogens with zero attached hydrogens (tertiary/aromatic N) is 6. The van der Waals surface area contributed by atoms with Crippen molar-refractivity contribution in [2.24, 2.45) is 0 Å². The van der Waals surface area contributed by atoms with Gasteiger partial charge in [-0.1, -0.05) is 5.16 Å². The molecule has 0 radical (unpaired) electrons. The molecule has 4 rings (SSSR count). The zero-order chi connectivity index (χ0) is 19.0. The van der Waals surface area contributed by atoms with Crippen LogP contribution >= 0.6 is 0 Å². The first-order valence-electron chi connectivity index (χ1n) is 9.11. The summed E-state index contributed by atoms with van der Waals surface area (Å²) in [6.07, 6.45) is 1.62. The van der Waals surface area contributed by atoms with E-state index >= 15 is 0 Å². The Morgan fingerprint density at radius 3 is 2.37 bits per heavy atom. The lowest BCUT2D eigenvalue weighted by Crippen LogP contribution is -2.47. The smallest absolute Gasteiger partial charge is 0.350 e. The topological polar surface area (TPSA) is 71.2 Å². The van der Waals surface area contributed by atoms with Gasteiger partial charge in [-0.15, -0.1) is 0 Å². The van der Waals surface area contributed by atoms with E-state index in [1.807, 2.05) is 6.92 Å². The standard InChI is InChI=1S/C17H21F3N6O/c1-11(16-23-10-24-27-16)25-6-4-13(5-7-25)26(12-2-3-12)15-8-14(17(18,19)20)21-9-22-15/h8-13H,2-7H2,1H3. The third-order valence-electron chi connectivity index (χ3n) is 5.32. The molecule has 0 spiro atoms. The van der Waals surface area contributed by atoms with Gasteiger partial charge in [0.1, 0.15) is 17.8 Å². The molecule has 1 aliphatic heterocycles. The SMILES string of the molecule is CC(c1ncno1)N1CCC(N(c2cc(C(F)(F)F)ncn2)C2CC2)CC1. The Kier molecular flexibility index (Phi) is 4.75. The van der Waals surface area contributed by atoms with Crippen molar-refractivity contribution in [2.45, 2.75) is 56.9 Å². The summed E-state index contributed by atoms with van der Waals surface area (Å²) >= 11 is 0. The molecule has 1 unspecified atom stereocenters. The van der Waals surface area contributed by atoms with E-state index in [2.05, 4.69) is 29.9 Å². The molecule has 2 aromatic rings. The number of piperidine rings is 1. The van der Waals surface area contributed by atoms with Crippen molar-refractivity contribution >= 4 is 5.82 Å². The van der Waals surface area contributed by atoms with Gasteiger partial charge in [-0.3, -0.25) is 4.90 Å². The fraction of sp³-hybridized carbons (Fsp3) is 0.647. The van der Waals surface area contributed by atoms with Crippen molar-refractivity contribution in [3.63, 3.8) is 0 Å². The molecule has 7 nitrogen and oxygen atoms in total. The number of aromatic nitrogens is 4. The van der Waals surface area contributed by atoms with E-state index in [-0.39, 0.29) is 18.1 Å². The van der Waals surface area contributed by atoms with Crippen LogP contribution in [0, 0.1) is 0 Å². The lowest BCUT2D eigenvalue weighted by atomic mass is 10.0. The van der Waals surface area contributed by atoms with E-state index < -0.39 is 11.9 Å². The molecule has 1 saturated carbocycles. The zero-order valence-corrected chi connectivity index (χ0v) is 14.9. The van der Waals surface area contributed by atoms with Crippen LogP contribution in [0.5, 0.6) is 0 Å². The number of likely N-dealkylation sites (tertiary alicyclic amines) is 1. The molecule has 0 amide bonds. The molecule has 0 bridgehead atoms. The first kappa shape index (κ1) is 18.1. The Morgan fingerprint density at radius 2 is 1.78 bits per heavy atom. The third kappa shape index (κ3) is 3.90. The molecule has 27 heavy (non-hydrogen) atoms. The molecule has 1 atom stereocenters. The van der Waals surface area contributed by atoms with Crippen LogP contribution in [0.4, 0.5) is 19.0 Å². The van der Waals surface area contributed by atoms with Crippen molar-refractivity contribution in [1.82, 2.24) is 25.0 Å². The highest BCUT2D eigenvalue weighted by Crippen LogP contribution is 2.37. The summed E-state index contributed by atoms with van der Waals surface area (Å²) in [6.45, 7) is 3.65. The highest BCUT2D eigenvalue weighted by molar-refractivity contribution is 5.44. The molecule has 10 heteroatoms. The van der Waals surface area contributed by atoms with Crippen LogP contribution in [0.25, 0.3) is 0 Å². The van der Waals surface area contributed by atoms with Gasteiger partial charge in [0.15, 0.2) is 6.33 Å². The Labute approximate surface area is 154 Å². The van der Waals surface area contributed by atoms with Crippen LogP contribution in [0.1, 0.15) is 50.2 Å². The molecular formula is C17H21F3N6O. The second-order valence-electron chi connectivity index (χ2n) is 7.12. The highest BCUT2D eigenvalue weighted by Gasteiger charge is 2.39. The summed E-state index contributed by atoms with van der Waals surface area (Å²) in [5, 5.41) is 3.65. The number of alkyl halides is 3. The summed E-state index contributed by atoms with van der Waals surface area (Å²) in [5.74, 6) is 0.960. The number of halogens is 3. The second kappa shape index (κ2) is 7.06. The van der Waals surface area contributed by atoms with Crippen LogP contribution < -0.4 is 4.90 Å². The van der Waals surface area contributed by atoms with Crippen LogP contribution in [0.3, 0.4) is 0 Å². The molecular weight excluding hydrogens is 361 g/mol. The molecule has 146 valence electrons. The molecule has 2 fully saturated rings. The molecule has 3 heterocycles. The van der Waals surface area contributed by atoms with Gasteiger partial charge in [0.05, 0.1) is 6.04 Å². The first-order valence-corrected chi connectivity index (χ1v) is 9.11. The van der Waals surface area contributed by atoms with E-state index in [9.17, 15) is 13.2 Å². The number of anilines is 1. The Hall–Kier alpha value is -2.23. The zero-order valence-electron chi connectivity index (χ0n) is 14.9. The van der Waals surface area contributed by atoms with Crippen molar-refractivity contribution < 1.29 is 17.7 Å². The molecule has 2 aromatic heterocycles. The number of hydrogen-bond donors (Lipinski definition) is 0. The number of hydrogen-bond acceptors (Lipinski definition) is 7. The summed E-state index contributed by atoms with van der Waals surface area (Å²) in [6, 6.07) is 1.54. The maximum atomic E-state index is 13.0. The quantitative estimate of drug-likeness (QED) is 0.787. The summed E-state index contributed by atoms with van der Waals surface area (Å²) in [5.41, 5.74) is -0.888. The van der Waals surface area contributed by atoms with Crippen LogP contribution in [-0.2, 0) is 6.18 Å². The Bertz CT molecular complexity index is 756. The predicted molar refractivity (Wildman–Crippen MR) is 89.8 cm³/mol. The predicted octanol–water partition coefficient (Wildman–Crippen LogP) is 3.07. The summed E-state index contributed by atoms with van der Waals surface area (Å²) < 4.78 is 44.2. The molecule has 0 aromatic carbocycles. The minimum Gasteiger partial charge on any atom is -0.350 e. The van der Waals surface area contributed by atoms with Gasteiger partial charge in [0, 0.05) is 31.2 Å². The molecule has 0 N–H and O–H groups in total. The van der Waals surface area contributed by atoms with Crippen molar-refractivity contribution in [1.29, 1.82) is 0 Å². The van der Waals surface area contributed by atoms with Gasteiger partial charge >= 0.3 is 6.18 Å². The van der Waals surface area contributed by atoms with Crippen molar-refractivity contribution in [2.75, 3.05) is 18.0 Å². The van der Waals surface area contributed by atoms with Gasteiger partial charge < -0.3 is 9.42 Å². The van der Waals surface area contributed by atoms with E-state index in [4.69, 9.17) is 4.52 Å². The highest BCUT2D eigenvalue weighted by atomic mass is 19.4. The second-order valence-corrected chi connectivity index (χ2v) is 7.12. The maximum Gasteiger partial charge on any atom is 0.433 e. The normalized spacial score (nSPS) is 20.6. The van der Waals surface area contributed by atoms with E-state index in [0.717, 1.165) is 51.2 Å². The lowest BCUT2D eigenvalue weighted by molar-refractivity contribution is -0.141. The molecule has 1 aliphatic carbocycles. The van der Waals surface area contributed by atoms with E-state index in [1.165, 1.54) is 6.33 Å². The lowest BCUT2D eigenvalue weighted by Gasteiger charge is -2.40. The molecule has 1 saturated heterocycles. The monoisotopic (exact) mass is 382 g/mol. The summed E-state index contributed by atoms with van der Waals surface area (Å²) in [4.78, 5) is 16.0. The van der Waals surface area contributed by atoms with Gasteiger partial charge in [-0.2, -0.15) is 18.2 Å². The van der Waals surface area contributed by atoms with Gasteiger partial charge in [-0.05, 0) is 32.6 Å². The van der Waals surface area contributed by atoms with Crippen LogP contribution in [0.2, 0.25) is 0 Å². The third-order valence-corrected chi connectivity index (χ3v) is 5.32. The first-order chi connectivity index (χ1) is 12.9. The van der Waals surface area contributed by atoms with Gasteiger partial charge in [-0.25, -0.2) is 9.97 Å². The Morgan fingerprint density at radius 1 is 1.07 bits per heavy atom. The van der Waals surface area contributed by atoms with E-state index in [0.29, 0.717) is 11.7 Å². The van der Waals surface area contributed by atoms with Crippen molar-refractivity contribution in [3.05, 3.63) is 30.3 Å². The minimum atomic E-state index is -4.46. The Balaban J connectivity index is 1.47. The maximum absolute atomic E-state index is 13.0. The largest absolute Gasteiger partial charge is 0.433 e. The minimum absolute atomic E-state index is 0.0266. The molecule has 2 aliphatic rings. The fourth-order valence-electron chi connectivity index (χ4n) is 3.74. The number of rotatable bonds is 5. The van der Waals surface area contributed by atoms with Crippen LogP contribution in [0.15, 0.2) is 23.2 Å².